The van der Waals surface area contributed by atoms with Gasteiger partial charge in [0.1, 0.15) is 6.04 Å². The number of hydrogen-bond acceptors (Lipinski definition) is 1. The summed E-state index contributed by atoms with van der Waals surface area (Å²) in [6, 6.07) is 1.75. The van der Waals surface area contributed by atoms with Crippen molar-refractivity contribution >= 4 is 12.4 Å². The summed E-state index contributed by atoms with van der Waals surface area (Å²) in [5.41, 5.74) is 5.99. The fourth-order valence-electron chi connectivity index (χ4n) is 1.58. The Bertz CT molecular complexity index is 396. The highest BCUT2D eigenvalue weighted by atomic mass is 35.5. The first kappa shape index (κ1) is 17.1. The van der Waals surface area contributed by atoms with Crippen molar-refractivity contribution in [2.75, 3.05) is 0 Å². The van der Waals surface area contributed by atoms with E-state index < -0.39 is 18.1 Å². The Kier molecular flexibility index (Phi) is 5.14. The lowest BCUT2D eigenvalue weighted by atomic mass is 9.97. The van der Waals surface area contributed by atoms with Gasteiger partial charge in [0.15, 0.2) is 0 Å². The second-order valence-electron chi connectivity index (χ2n) is 4.02. The average molecular weight is 290 g/mol. The second-order valence-corrected chi connectivity index (χ2v) is 4.02. The Morgan fingerprint density at radius 3 is 1.67 bits per heavy atom. The van der Waals surface area contributed by atoms with Gasteiger partial charge in [0.25, 0.3) is 0 Å². The Morgan fingerprint density at radius 1 is 0.944 bits per heavy atom. The van der Waals surface area contributed by atoms with Crippen LogP contribution in [-0.4, -0.2) is 12.1 Å². The van der Waals surface area contributed by atoms with Crippen molar-refractivity contribution in [3.8, 4) is 0 Å². The maximum absolute atomic E-state index is 13.0. The lowest BCUT2D eigenvalue weighted by Crippen LogP contribution is -2.45. The molecule has 0 fully saturated rings. The van der Waals surface area contributed by atoms with Gasteiger partial charge in [-0.25, -0.2) is 0 Å². The number of benzene rings is 1. The molecule has 0 unspecified atom stereocenters. The molecule has 0 aliphatic rings. The predicted molar refractivity (Wildman–Crippen MR) is 61.1 cm³/mol. The van der Waals surface area contributed by atoms with Gasteiger partial charge in [-0.2, -0.15) is 22.0 Å². The molecular formula is C11H13ClF5N. The average Bonchev–Trinajstić information content (AvgIpc) is 2.13. The highest BCUT2D eigenvalue weighted by Crippen LogP contribution is 2.43. The monoisotopic (exact) mass is 289 g/mol. The van der Waals surface area contributed by atoms with Crippen LogP contribution in [0.15, 0.2) is 18.2 Å². The van der Waals surface area contributed by atoms with Gasteiger partial charge < -0.3 is 5.73 Å². The lowest BCUT2D eigenvalue weighted by Gasteiger charge is -2.26. The van der Waals surface area contributed by atoms with Gasteiger partial charge in [-0.15, -0.1) is 12.4 Å². The topological polar surface area (TPSA) is 26.0 Å². The van der Waals surface area contributed by atoms with Crippen LogP contribution in [0.4, 0.5) is 22.0 Å². The zero-order valence-electron chi connectivity index (χ0n) is 9.68. The fraction of sp³-hybridized carbons (Fsp3) is 0.455. The van der Waals surface area contributed by atoms with E-state index in [9.17, 15) is 22.0 Å². The number of halogens is 6. The van der Waals surface area contributed by atoms with E-state index in [1.54, 1.807) is 19.9 Å². The molecule has 1 aromatic carbocycles. The van der Waals surface area contributed by atoms with Crippen molar-refractivity contribution in [3.05, 3.63) is 34.9 Å². The summed E-state index contributed by atoms with van der Waals surface area (Å²) in [4.78, 5) is 0. The molecule has 0 spiro atoms. The minimum absolute atomic E-state index is 0. The molecule has 0 saturated heterocycles. The first-order chi connectivity index (χ1) is 7.55. The van der Waals surface area contributed by atoms with E-state index in [2.05, 4.69) is 0 Å². The fourth-order valence-corrected chi connectivity index (χ4v) is 1.58. The molecule has 0 amide bonds. The quantitative estimate of drug-likeness (QED) is 0.821. The molecule has 0 heterocycles. The van der Waals surface area contributed by atoms with Crippen LogP contribution >= 0.6 is 12.4 Å². The Hall–Kier alpha value is -0.880. The van der Waals surface area contributed by atoms with Crippen molar-refractivity contribution in [1.82, 2.24) is 0 Å². The molecule has 1 aromatic rings. The number of hydrogen-bond donors (Lipinski definition) is 1. The van der Waals surface area contributed by atoms with Crippen LogP contribution in [0.2, 0.25) is 0 Å². The minimum Gasteiger partial charge on any atom is -0.319 e. The normalized spacial score (nSPS) is 14.0. The number of rotatable bonds is 2. The maximum Gasteiger partial charge on any atom is 0.455 e. The third kappa shape index (κ3) is 3.32. The van der Waals surface area contributed by atoms with Crippen molar-refractivity contribution in [2.45, 2.75) is 32.0 Å². The van der Waals surface area contributed by atoms with E-state index in [1.807, 2.05) is 0 Å². The van der Waals surface area contributed by atoms with Gasteiger partial charge in [0.05, 0.1) is 0 Å². The molecule has 7 heteroatoms. The zero-order chi connectivity index (χ0) is 13.4. The first-order valence-corrected chi connectivity index (χ1v) is 4.84. The third-order valence-electron chi connectivity index (χ3n) is 2.37. The summed E-state index contributed by atoms with van der Waals surface area (Å²) in [5.74, 6) is -4.94. The van der Waals surface area contributed by atoms with Crippen molar-refractivity contribution in [1.29, 1.82) is 0 Å². The van der Waals surface area contributed by atoms with Gasteiger partial charge in [0.2, 0.25) is 0 Å². The number of nitrogens with two attached hydrogens (primary N) is 1. The summed E-state index contributed by atoms with van der Waals surface area (Å²) in [6.07, 6.45) is -5.65. The van der Waals surface area contributed by atoms with E-state index in [1.165, 1.54) is 12.1 Å². The molecular weight excluding hydrogens is 277 g/mol. The van der Waals surface area contributed by atoms with E-state index in [4.69, 9.17) is 5.73 Å². The Labute approximate surface area is 108 Å². The van der Waals surface area contributed by atoms with Crippen LogP contribution < -0.4 is 5.73 Å². The van der Waals surface area contributed by atoms with E-state index in [0.717, 1.165) is 0 Å². The van der Waals surface area contributed by atoms with Crippen molar-refractivity contribution in [2.24, 2.45) is 5.73 Å². The van der Waals surface area contributed by atoms with E-state index in [-0.39, 0.29) is 18.0 Å². The Morgan fingerprint density at radius 2 is 1.33 bits per heavy atom. The van der Waals surface area contributed by atoms with Crippen LogP contribution in [0.1, 0.15) is 22.7 Å². The van der Waals surface area contributed by atoms with Gasteiger partial charge >= 0.3 is 12.1 Å². The SMILES string of the molecule is Cc1cc(C)cc([C@@H](N)C(F)(F)C(F)(F)F)c1.Cl. The van der Waals surface area contributed by atoms with Crippen LogP contribution in [0.3, 0.4) is 0 Å². The number of alkyl halides is 5. The molecule has 0 bridgehead atoms. The highest BCUT2D eigenvalue weighted by molar-refractivity contribution is 5.85. The molecule has 1 atom stereocenters. The van der Waals surface area contributed by atoms with Crippen LogP contribution in [0, 0.1) is 13.8 Å². The van der Waals surface area contributed by atoms with Crippen molar-refractivity contribution < 1.29 is 22.0 Å². The third-order valence-corrected chi connectivity index (χ3v) is 2.37. The molecule has 18 heavy (non-hydrogen) atoms. The molecule has 0 aromatic heterocycles. The smallest absolute Gasteiger partial charge is 0.319 e. The van der Waals surface area contributed by atoms with Crippen LogP contribution in [0.25, 0.3) is 0 Å². The predicted octanol–water partition coefficient (Wildman–Crippen LogP) is 3.92. The van der Waals surface area contributed by atoms with Crippen LogP contribution in [-0.2, 0) is 0 Å². The number of aryl methyl sites for hydroxylation is 2. The minimum atomic E-state index is -5.65. The standard InChI is InChI=1S/C11H12F5N.ClH/c1-6-3-7(2)5-8(4-6)9(17)10(12,13)11(14,15)16;/h3-5,9H,17H2,1-2H3;1H/t9-;/m1./s1. The Balaban J connectivity index is 0.00000289. The van der Waals surface area contributed by atoms with Gasteiger partial charge in [0, 0.05) is 0 Å². The largest absolute Gasteiger partial charge is 0.455 e. The zero-order valence-corrected chi connectivity index (χ0v) is 10.5. The lowest BCUT2D eigenvalue weighted by molar-refractivity contribution is -0.291. The van der Waals surface area contributed by atoms with Crippen molar-refractivity contribution in [3.63, 3.8) is 0 Å². The molecule has 104 valence electrons. The van der Waals surface area contributed by atoms with Gasteiger partial charge in [-0.05, 0) is 19.4 Å². The molecule has 0 aliphatic carbocycles. The molecule has 2 N–H and O–H groups in total. The molecule has 1 rings (SSSR count). The first-order valence-electron chi connectivity index (χ1n) is 4.84. The summed E-state index contributed by atoms with van der Waals surface area (Å²) in [7, 11) is 0. The van der Waals surface area contributed by atoms with Crippen LogP contribution in [0.5, 0.6) is 0 Å². The molecule has 0 aliphatic heterocycles. The molecule has 0 radical (unpaired) electrons. The molecule has 1 nitrogen and oxygen atoms in total. The van der Waals surface area contributed by atoms with E-state index in [0.29, 0.717) is 11.1 Å². The summed E-state index contributed by atoms with van der Waals surface area (Å²) < 4.78 is 62.5. The highest BCUT2D eigenvalue weighted by Gasteiger charge is 2.61. The summed E-state index contributed by atoms with van der Waals surface area (Å²) in [5, 5.41) is 0. The summed E-state index contributed by atoms with van der Waals surface area (Å²) in [6.45, 7) is 3.21. The summed E-state index contributed by atoms with van der Waals surface area (Å²) >= 11 is 0. The maximum atomic E-state index is 13.0. The molecule has 0 saturated carbocycles. The van der Waals surface area contributed by atoms with Gasteiger partial charge in [-0.1, -0.05) is 29.3 Å². The van der Waals surface area contributed by atoms with Gasteiger partial charge in [-0.3, -0.25) is 0 Å². The second kappa shape index (κ2) is 5.40. The van der Waals surface area contributed by atoms with E-state index >= 15 is 0 Å².